The summed E-state index contributed by atoms with van der Waals surface area (Å²) in [5.41, 5.74) is 34.1. The van der Waals surface area contributed by atoms with Crippen LogP contribution < -0.4 is 4.90 Å². The number of aryl methyl sites for hydroxylation is 3. The second-order valence-electron chi connectivity index (χ2n) is 36.4. The van der Waals surface area contributed by atoms with Crippen molar-refractivity contribution >= 4 is 72.1 Å². The Bertz CT molecular complexity index is 7780. The van der Waals surface area contributed by atoms with Gasteiger partial charge in [0.05, 0.1) is 33.8 Å². The van der Waals surface area contributed by atoms with Gasteiger partial charge in [0.2, 0.25) is 0 Å². The molecule has 18 heteroatoms. The first kappa shape index (κ1) is 104. The molecule has 0 amide bonds. The van der Waals surface area contributed by atoms with E-state index < -0.39 is 0 Å². The zero-order chi connectivity index (χ0) is 96.1. The number of rotatable bonds is 13. The monoisotopic (exact) mass is 2570 g/mol. The van der Waals surface area contributed by atoms with Crippen LogP contribution in [0.4, 0.5) is 17.1 Å². The predicted octanol–water partition coefficient (Wildman–Crippen LogP) is 29.7. The largest absolute Gasteiger partial charge is 0.512 e. The third-order valence-electron chi connectivity index (χ3n) is 25.4. The SMILES string of the molecule is CC(=O)C=C(C)O.CC(=O)C=C(C)O.CC1(C)c2cc(N(c3[c-]c(-c4ccccn4)ccc3)c3[c-]c(-c4ccccn4)ccc3)cc3c2-n2c4c1cccc4c1cccc(c12)C3(C)C.CC1(C)c2ccccc2-c2c[c-]c(-c3ccc4ccccc4n3)cc21.Cc1cc2ccccc2[c-]c1-c1ccccn1.Cc1ccc(-c2nc(-c3c[c-]c(-c4ccccn4)cc3)nc(-c3ccc(C)cc3)n2)cc1.[Ir].[Ir].[Ir].[Ir]. The van der Waals surface area contributed by atoms with Gasteiger partial charge in [0.25, 0.3) is 0 Å². The molecule has 3 aliphatic rings. The van der Waals surface area contributed by atoms with Gasteiger partial charge in [-0.15, -0.1) is 148 Å². The maximum absolute atomic E-state index is 10.0. The molecular weight excluding hydrogens is 2460 g/mol. The summed E-state index contributed by atoms with van der Waals surface area (Å²) in [5.74, 6) is 1.80. The first-order chi connectivity index (χ1) is 66.7. The number of benzene rings is 13. The smallest absolute Gasteiger partial charge is 0.163 e. The van der Waals surface area contributed by atoms with Gasteiger partial charge in [-0.1, -0.05) is 293 Å². The van der Waals surface area contributed by atoms with Gasteiger partial charge in [0, 0.05) is 161 Å². The third-order valence-corrected chi connectivity index (χ3v) is 25.4. The Morgan fingerprint density at radius 3 is 1.27 bits per heavy atom. The second kappa shape index (κ2) is 44.7. The van der Waals surface area contributed by atoms with E-state index in [9.17, 15) is 9.59 Å². The van der Waals surface area contributed by atoms with Crippen molar-refractivity contribution in [3.8, 4) is 107 Å². The molecule has 1 aliphatic carbocycles. The molecule has 14 nitrogen and oxygen atoms in total. The molecule has 23 rings (SSSR count). The van der Waals surface area contributed by atoms with Crippen LogP contribution in [0.15, 0.2) is 376 Å². The topological polar surface area (TPSA) is 186 Å². The Hall–Kier alpha value is -14.2. The number of aliphatic hydroxyl groups is 2. The van der Waals surface area contributed by atoms with Crippen LogP contribution >= 0.6 is 0 Å². The van der Waals surface area contributed by atoms with E-state index in [1.54, 1.807) is 6.20 Å². The average molecular weight is 2560 g/mol. The summed E-state index contributed by atoms with van der Waals surface area (Å²) in [5, 5.41) is 22.9. The fourth-order valence-electron chi connectivity index (χ4n) is 18.6. The summed E-state index contributed by atoms with van der Waals surface area (Å²) in [4.78, 5) is 59.7. The van der Waals surface area contributed by atoms with Crippen molar-refractivity contribution in [2.75, 3.05) is 4.90 Å². The Kier molecular flexibility index (Phi) is 32.6. The van der Waals surface area contributed by atoms with Crippen LogP contribution in [0.2, 0.25) is 0 Å². The molecule has 712 valence electrons. The predicted molar refractivity (Wildman–Crippen MR) is 560 cm³/mol. The third kappa shape index (κ3) is 21.9. The molecule has 13 aromatic carbocycles. The standard InChI is InChI=1S/C46H34N4.C28H21N4.C24H18N.C16H12N.2C5H8O2.4Ir/c1-45(2)36-19-11-17-34-35-18-12-20-37-43(35)50(42(34)36)44-38(45)27-33(28-39(44)46(37,3)4)49(31-15-9-13-29(25-31)40-21-5-7-23-47-40)32-16-10-14-30(26-32)41-22-6-8-24-48-41;1-19-6-10-22(11-7-19)26-30-27(23-12-8-20(2)9-13-23)32-28(31-26)24-16-14-21(15-17-24)25-5-3-4-18-29-25;1-24(2)20-9-5-4-8-18(20)19-13-11-17(15-21(19)24)23-14-12-16-7-3-6-10-22(16)25-23;1-12-10-13-6-2-3-7-14(13)11-15(12)16-8-4-5-9-17-16;2*1-4(6)3-5(2)7;;;;/h5-24,27-28H,1-4H3;3-14,16-18H,1-2H3;3-10,12-15H,1-2H3;2-10H,1H3;2*3,6H,1-2H3;;;;/q-2;3*-1;;;;;;. The fraction of sp³-hybridized carbons (Fsp3) is 0.129. The van der Waals surface area contributed by atoms with Crippen LogP contribution in [0.1, 0.15) is 119 Å². The zero-order valence-electron chi connectivity index (χ0n) is 80.7. The van der Waals surface area contributed by atoms with Gasteiger partial charge >= 0.3 is 0 Å². The molecule has 142 heavy (non-hydrogen) atoms. The van der Waals surface area contributed by atoms with Gasteiger partial charge in [-0.05, 0) is 157 Å². The number of hydrogen-bond acceptors (Lipinski definition) is 13. The van der Waals surface area contributed by atoms with Crippen LogP contribution in [-0.2, 0) is 106 Å². The Morgan fingerprint density at radius 2 is 0.789 bits per heavy atom. The van der Waals surface area contributed by atoms with E-state index in [1.807, 2.05) is 152 Å². The number of fused-ring (bicyclic) bond motifs is 6. The number of hydrogen-bond donors (Lipinski definition) is 2. The summed E-state index contributed by atoms with van der Waals surface area (Å²) < 4.78 is 2.58. The summed E-state index contributed by atoms with van der Waals surface area (Å²) in [6.45, 7) is 26.1. The van der Waals surface area contributed by atoms with Crippen LogP contribution in [-0.4, -0.2) is 66.2 Å². The number of pyridine rings is 5. The molecule has 0 bridgehead atoms. The maximum atomic E-state index is 10.0. The molecular formula is C124H101Ir4N10O4-5. The minimum atomic E-state index is -0.248. The minimum absolute atomic E-state index is 0. The van der Waals surface area contributed by atoms with Gasteiger partial charge in [-0.25, -0.2) is 15.0 Å². The van der Waals surface area contributed by atoms with E-state index >= 15 is 0 Å². The molecule has 0 atom stereocenters. The summed E-state index contributed by atoms with van der Waals surface area (Å²) in [6, 6.07) is 131. The number of nitrogens with zero attached hydrogens (tertiary/aromatic N) is 10. The molecule has 7 aromatic heterocycles. The van der Waals surface area contributed by atoms with Crippen molar-refractivity contribution in [2.45, 2.75) is 106 Å². The van der Waals surface area contributed by atoms with E-state index in [1.165, 1.54) is 139 Å². The van der Waals surface area contributed by atoms with Crippen LogP contribution in [0.3, 0.4) is 0 Å². The van der Waals surface area contributed by atoms with Crippen molar-refractivity contribution in [3.63, 3.8) is 0 Å². The molecule has 20 aromatic rings. The van der Waals surface area contributed by atoms with E-state index in [4.69, 9.17) is 30.1 Å². The number of aliphatic hydroxyl groups excluding tert-OH is 2. The average Bonchev–Trinajstić information content (AvgIpc) is 1.40. The number of allylic oxidation sites excluding steroid dienone is 4. The van der Waals surface area contributed by atoms with Crippen molar-refractivity contribution < 1.29 is 100 Å². The van der Waals surface area contributed by atoms with Crippen molar-refractivity contribution in [1.29, 1.82) is 0 Å². The van der Waals surface area contributed by atoms with Gasteiger partial charge in [-0.3, -0.25) is 19.6 Å². The first-order valence-corrected chi connectivity index (χ1v) is 46.1. The minimum Gasteiger partial charge on any atom is -0.512 e. The Balaban J connectivity index is 0.000000151. The number of carbonyl (C=O) groups excluding carboxylic acids is 2. The number of anilines is 3. The number of aromatic nitrogens is 9. The van der Waals surface area contributed by atoms with Crippen molar-refractivity contribution in [2.24, 2.45) is 0 Å². The molecule has 4 radical (unpaired) electrons. The van der Waals surface area contributed by atoms with Gasteiger partial charge in [0.1, 0.15) is 5.82 Å². The molecule has 0 unspecified atom stereocenters. The van der Waals surface area contributed by atoms with Crippen LogP contribution in [0, 0.1) is 51.1 Å². The molecule has 9 heterocycles. The van der Waals surface area contributed by atoms with Crippen molar-refractivity contribution in [3.05, 3.63) is 456 Å². The van der Waals surface area contributed by atoms with Gasteiger partial charge < -0.3 is 34.6 Å². The second-order valence-corrected chi connectivity index (χ2v) is 36.4. The fourth-order valence-corrected chi connectivity index (χ4v) is 18.6. The summed E-state index contributed by atoms with van der Waals surface area (Å²) in [6.07, 6.45) is 9.60. The molecule has 0 fully saturated rings. The van der Waals surface area contributed by atoms with E-state index in [0.29, 0.717) is 17.5 Å². The number of carbonyl (C=O) groups is 2. The first-order valence-electron chi connectivity index (χ1n) is 46.1. The quantitative estimate of drug-likeness (QED) is 0.0632. The molecule has 0 saturated carbocycles. The van der Waals surface area contributed by atoms with Crippen LogP contribution in [0.25, 0.3) is 151 Å². The Morgan fingerprint density at radius 1 is 0.352 bits per heavy atom. The number of ketones is 2. The summed E-state index contributed by atoms with van der Waals surface area (Å²) >= 11 is 0. The maximum Gasteiger partial charge on any atom is 0.163 e. The van der Waals surface area contributed by atoms with E-state index in [0.717, 1.165) is 101 Å². The van der Waals surface area contributed by atoms with Gasteiger partial charge in [-0.2, -0.15) is 0 Å². The normalized spacial score (nSPS) is 12.5. The Labute approximate surface area is 883 Å². The summed E-state index contributed by atoms with van der Waals surface area (Å²) in [7, 11) is 0. The molecule has 0 saturated heterocycles. The molecule has 0 spiro atoms. The van der Waals surface area contributed by atoms with Gasteiger partial charge in [0.15, 0.2) is 23.2 Å². The number of para-hydroxylation sites is 3. The molecule has 2 N–H and O–H groups in total. The van der Waals surface area contributed by atoms with E-state index in [-0.39, 0.29) is 120 Å². The van der Waals surface area contributed by atoms with Crippen molar-refractivity contribution in [1.82, 2.24) is 44.4 Å². The molecule has 2 aliphatic heterocycles. The van der Waals surface area contributed by atoms with Crippen LogP contribution in [0.5, 0.6) is 0 Å². The van der Waals surface area contributed by atoms with E-state index in [2.05, 4.69) is 316 Å². The zero-order valence-corrected chi connectivity index (χ0v) is 90.2.